The second-order valence-corrected chi connectivity index (χ2v) is 6.65. The van der Waals surface area contributed by atoms with Crippen molar-refractivity contribution in [2.45, 2.75) is 12.0 Å². The molecule has 0 aromatic heterocycles. The van der Waals surface area contributed by atoms with E-state index in [1.165, 1.54) is 0 Å². The van der Waals surface area contributed by atoms with Gasteiger partial charge in [-0.1, -0.05) is 12.1 Å². The van der Waals surface area contributed by atoms with Crippen LogP contribution < -0.4 is 4.90 Å². The van der Waals surface area contributed by atoms with E-state index in [0.29, 0.717) is 5.57 Å². The van der Waals surface area contributed by atoms with Crippen molar-refractivity contribution >= 4 is 17.2 Å². The maximum atomic E-state index is 10.6. The minimum Gasteiger partial charge on any atom is -0.387 e. The molecule has 1 aromatic rings. The fourth-order valence-corrected chi connectivity index (χ4v) is 3.12. The molecule has 1 fully saturated rings. The average molecular weight is 324 g/mol. The quantitative estimate of drug-likeness (QED) is 0.513. The molecule has 0 radical (unpaired) electrons. The van der Waals surface area contributed by atoms with Gasteiger partial charge in [0.15, 0.2) is 5.71 Å². The molecule has 2 aliphatic carbocycles. The number of carbonyl (C=O) groups excluding carboxylic acids is 1. The van der Waals surface area contributed by atoms with Crippen molar-refractivity contribution in [3.63, 3.8) is 0 Å². The van der Waals surface area contributed by atoms with Gasteiger partial charge in [0.25, 0.3) is 0 Å². The second-order valence-electron chi connectivity index (χ2n) is 6.65. The Balaban J connectivity index is 1.84. The molecule has 2 aliphatic rings. The molecule has 1 saturated carbocycles. The molecular weight excluding hydrogens is 300 g/mol. The highest BCUT2D eigenvalue weighted by molar-refractivity contribution is 6.12. The number of ketones is 1. The minimum absolute atomic E-state index is 0.262. The maximum absolute atomic E-state index is 10.6. The van der Waals surface area contributed by atoms with Crippen molar-refractivity contribution in [2.24, 2.45) is 0 Å². The van der Waals surface area contributed by atoms with Gasteiger partial charge in [0.2, 0.25) is 0 Å². The second kappa shape index (κ2) is 6.21. The molecule has 2 atom stereocenters. The largest absolute Gasteiger partial charge is 0.387 e. The van der Waals surface area contributed by atoms with Crippen LogP contribution in [0.4, 0.5) is 5.69 Å². The van der Waals surface area contributed by atoms with E-state index >= 15 is 0 Å². The van der Waals surface area contributed by atoms with E-state index in [-0.39, 0.29) is 11.7 Å². The van der Waals surface area contributed by atoms with Crippen molar-refractivity contribution in [3.05, 3.63) is 65.3 Å². The highest BCUT2D eigenvalue weighted by Crippen LogP contribution is 2.40. The first-order chi connectivity index (χ1) is 11.4. The Morgan fingerprint density at radius 2 is 1.58 bits per heavy atom. The van der Waals surface area contributed by atoms with Crippen LogP contribution in [0.2, 0.25) is 0 Å². The van der Waals surface area contributed by atoms with Crippen LogP contribution in [-0.4, -0.2) is 60.3 Å². The summed E-state index contributed by atoms with van der Waals surface area (Å²) in [6.07, 6.45) is 7.17. The number of aliphatic hydroxyl groups is 1. The summed E-state index contributed by atoms with van der Waals surface area (Å²) in [5.41, 5.74) is 4.60. The van der Waals surface area contributed by atoms with Crippen molar-refractivity contribution in [1.29, 1.82) is 0 Å². The highest BCUT2D eigenvalue weighted by atomic mass is 16.3. The first-order valence-electron chi connectivity index (χ1n) is 8.06. The molecular formula is C20H24N2O2+2. The van der Waals surface area contributed by atoms with Gasteiger partial charge >= 0.3 is 5.78 Å². The van der Waals surface area contributed by atoms with Crippen molar-refractivity contribution in [2.75, 3.05) is 33.1 Å². The third kappa shape index (κ3) is 2.74. The normalized spacial score (nSPS) is 22.7. The number of hydrogen-bond acceptors (Lipinski definition) is 2. The standard InChI is InChI=1S/C20H23N2O2/c1-21(2)15-9-5-13(6-10-15)17-19(23)18(20(17)24)14-7-11-16(12-8-14)22(3)4/h5-12,17,19,23H,1-4H3/q+1/p+1. The molecule has 24 heavy (non-hydrogen) atoms. The molecule has 0 aliphatic heterocycles. The molecule has 4 heteroatoms. The first-order valence-corrected chi connectivity index (χ1v) is 8.06. The molecule has 2 unspecified atom stereocenters. The van der Waals surface area contributed by atoms with E-state index in [4.69, 9.17) is 0 Å². The Labute approximate surface area is 142 Å². The summed E-state index contributed by atoms with van der Waals surface area (Å²) in [5.74, 6) is -0.0811. The summed E-state index contributed by atoms with van der Waals surface area (Å²) in [7, 11) is 7.94. The Morgan fingerprint density at radius 3 is 2.04 bits per heavy atom. The number of hydrogen-bond donors (Lipinski definition) is 1. The van der Waals surface area contributed by atoms with E-state index in [1.807, 2.05) is 86.2 Å². The molecule has 0 saturated heterocycles. The topological polar surface area (TPSA) is 47.9 Å². The summed E-state index contributed by atoms with van der Waals surface area (Å²) in [4.78, 5) is 12.5. The van der Waals surface area contributed by atoms with Crippen molar-refractivity contribution < 1.29 is 14.5 Å². The van der Waals surface area contributed by atoms with Crippen LogP contribution in [0.15, 0.2) is 59.7 Å². The molecule has 0 bridgehead atoms. The summed E-state index contributed by atoms with van der Waals surface area (Å²) >= 11 is 0. The van der Waals surface area contributed by atoms with Crippen molar-refractivity contribution in [1.82, 2.24) is 0 Å². The Hall–Kier alpha value is -2.46. The lowest BCUT2D eigenvalue weighted by molar-refractivity contribution is -0.462. The summed E-state index contributed by atoms with van der Waals surface area (Å²) in [5, 5.41) is 10.6. The molecule has 0 amide bonds. The third-order valence-corrected chi connectivity index (χ3v) is 4.65. The Morgan fingerprint density at radius 1 is 1.00 bits per heavy atom. The number of rotatable bonds is 2. The number of allylic oxidation sites excluding steroid dienone is 5. The average Bonchev–Trinajstić information content (AvgIpc) is 2.56. The molecule has 4 nitrogen and oxygen atoms in total. The molecule has 3 rings (SSSR count). The van der Waals surface area contributed by atoms with Crippen molar-refractivity contribution in [3.8, 4) is 0 Å². The maximum Gasteiger partial charge on any atom is 0.333 e. The molecule has 1 aromatic carbocycles. The number of nitrogens with zero attached hydrogens (tertiary/aromatic N) is 2. The summed E-state index contributed by atoms with van der Waals surface area (Å²) in [6, 6.07) is 7.93. The number of aliphatic hydroxyl groups excluding tert-OH is 1. The van der Waals surface area contributed by atoms with E-state index in [2.05, 4.69) is 0 Å². The molecule has 124 valence electrons. The smallest absolute Gasteiger partial charge is 0.333 e. The van der Waals surface area contributed by atoms with Gasteiger partial charge in [-0.3, -0.25) is 4.79 Å². The Kier molecular flexibility index (Phi) is 4.24. The first kappa shape index (κ1) is 16.4. The van der Waals surface area contributed by atoms with Crippen LogP contribution in [0.5, 0.6) is 0 Å². The van der Waals surface area contributed by atoms with Gasteiger partial charge in [0.1, 0.15) is 26.1 Å². The highest BCUT2D eigenvalue weighted by Gasteiger charge is 2.51. The SMILES string of the molecule is CN(C)c1ccc(C2C(=[OH+])C(=C3C=CC(=[N+](C)C)C=C3)C2O)cc1. The summed E-state index contributed by atoms with van der Waals surface area (Å²) in [6.45, 7) is 0. The lowest BCUT2D eigenvalue weighted by Gasteiger charge is -2.31. The summed E-state index contributed by atoms with van der Waals surface area (Å²) < 4.78 is 2.02. The molecule has 0 spiro atoms. The van der Waals surface area contributed by atoms with Gasteiger partial charge in [-0.25, -0.2) is 4.58 Å². The van der Waals surface area contributed by atoms with Gasteiger partial charge in [-0.15, -0.1) is 0 Å². The van der Waals surface area contributed by atoms with Gasteiger partial charge in [-0.2, -0.15) is 0 Å². The van der Waals surface area contributed by atoms with Gasteiger partial charge in [0.05, 0.1) is 5.57 Å². The van der Waals surface area contributed by atoms with E-state index in [9.17, 15) is 9.90 Å². The predicted octanol–water partition coefficient (Wildman–Crippen LogP) is 1.89. The van der Waals surface area contributed by atoms with Crippen LogP contribution in [-0.2, 0) is 0 Å². The van der Waals surface area contributed by atoms with Gasteiger partial charge < -0.3 is 10.0 Å². The molecule has 0 heterocycles. The minimum atomic E-state index is -0.680. The fourth-order valence-electron chi connectivity index (χ4n) is 3.12. The van der Waals surface area contributed by atoms with Gasteiger partial charge in [0, 0.05) is 31.9 Å². The zero-order valence-corrected chi connectivity index (χ0v) is 14.6. The van der Waals surface area contributed by atoms with Crippen LogP contribution in [0.25, 0.3) is 0 Å². The van der Waals surface area contributed by atoms with E-state index < -0.39 is 6.10 Å². The third-order valence-electron chi connectivity index (χ3n) is 4.65. The zero-order valence-electron chi connectivity index (χ0n) is 14.6. The van der Waals surface area contributed by atoms with Crippen LogP contribution in [0, 0.1) is 0 Å². The monoisotopic (exact) mass is 324 g/mol. The van der Waals surface area contributed by atoms with E-state index in [1.54, 1.807) is 0 Å². The lowest BCUT2D eigenvalue weighted by Crippen LogP contribution is -2.44. The predicted molar refractivity (Wildman–Crippen MR) is 98.9 cm³/mol. The van der Waals surface area contributed by atoms with E-state index in [0.717, 1.165) is 22.5 Å². The van der Waals surface area contributed by atoms with Gasteiger partial charge in [-0.05, 0) is 35.4 Å². The fraction of sp³-hybridized carbons (Fsp3) is 0.300. The Bertz CT molecular complexity index is 773. The number of anilines is 1. The molecule has 2 N–H and O–H groups in total. The zero-order chi connectivity index (χ0) is 17.4. The lowest BCUT2D eigenvalue weighted by atomic mass is 9.69. The van der Waals surface area contributed by atoms with Crippen LogP contribution in [0.1, 0.15) is 11.5 Å². The van der Waals surface area contributed by atoms with Crippen LogP contribution in [0.3, 0.4) is 0 Å². The van der Waals surface area contributed by atoms with Crippen LogP contribution >= 0.6 is 0 Å². The number of benzene rings is 1.